The van der Waals surface area contributed by atoms with Gasteiger partial charge in [0.25, 0.3) is 21.8 Å². The Morgan fingerprint density at radius 3 is 2.23 bits per heavy atom. The minimum atomic E-state index is -5.50. The first-order chi connectivity index (χ1) is 20.5. The molecular weight excluding hydrogens is 613 g/mol. The van der Waals surface area contributed by atoms with Gasteiger partial charge in [-0.2, -0.15) is 21.6 Å². The van der Waals surface area contributed by atoms with E-state index >= 15 is 0 Å². The van der Waals surface area contributed by atoms with E-state index in [-0.39, 0.29) is 40.2 Å². The number of para-hydroxylation sites is 1. The molecule has 43 heavy (non-hydrogen) atoms. The van der Waals surface area contributed by atoms with Crippen LogP contribution in [0.15, 0.2) is 71.1 Å². The van der Waals surface area contributed by atoms with Crippen molar-refractivity contribution in [3.05, 3.63) is 77.4 Å². The molecule has 0 saturated carbocycles. The van der Waals surface area contributed by atoms with Gasteiger partial charge in [-0.15, -0.1) is 5.10 Å². The number of nitrogens with zero attached hydrogens (tertiary/aromatic N) is 6. The summed E-state index contributed by atoms with van der Waals surface area (Å²) in [5.74, 6) is -3.51. The number of aromatic nitrogens is 3. The van der Waals surface area contributed by atoms with Crippen LogP contribution in [0.3, 0.4) is 0 Å². The molecule has 12 nitrogen and oxygen atoms in total. The molecule has 0 aliphatic carbocycles. The molecule has 1 saturated heterocycles. The number of pyridine rings is 1. The van der Waals surface area contributed by atoms with Crippen LogP contribution in [-0.2, 0) is 19.7 Å². The summed E-state index contributed by atoms with van der Waals surface area (Å²) >= 11 is 1.05. The molecule has 0 spiro atoms. The van der Waals surface area contributed by atoms with Gasteiger partial charge in [0, 0.05) is 48.7 Å². The Kier molecular flexibility index (Phi) is 8.27. The summed E-state index contributed by atoms with van der Waals surface area (Å²) in [5.41, 5.74) is -0.208. The first-order valence-electron chi connectivity index (χ1n) is 12.6. The number of sulfonamides is 1. The second-order valence-electron chi connectivity index (χ2n) is 9.21. The normalized spacial score (nSPS) is 14.3. The number of hydrogen-bond donors (Lipinski definition) is 0. The quantitative estimate of drug-likeness (QED) is 0.292. The SMILES string of the molecule is O=C(c1ccc(N(OC(=O)C(F)(F)F)S(=O)(=O)c2cccc3cccnc23)cc1)N1CCCN(C(=O)c2csnn2)CC1. The average Bonchev–Trinajstić information content (AvgIpc) is 3.43. The maximum Gasteiger partial charge on any atom is 0.493 e. The molecular formula is C26H21F3N6O6S2. The van der Waals surface area contributed by atoms with Gasteiger partial charge in [-0.05, 0) is 54.4 Å². The van der Waals surface area contributed by atoms with Crippen LogP contribution in [0.4, 0.5) is 18.9 Å². The molecule has 2 aromatic carbocycles. The first kappa shape index (κ1) is 29.8. The molecule has 1 aliphatic rings. The number of carbonyl (C=O) groups is 3. The highest BCUT2D eigenvalue weighted by atomic mass is 32.2. The van der Waals surface area contributed by atoms with E-state index in [1.165, 1.54) is 34.7 Å². The number of benzene rings is 2. The van der Waals surface area contributed by atoms with E-state index in [4.69, 9.17) is 0 Å². The fourth-order valence-electron chi connectivity index (χ4n) is 4.39. The average molecular weight is 635 g/mol. The smallest absolute Gasteiger partial charge is 0.337 e. The lowest BCUT2D eigenvalue weighted by molar-refractivity contribution is -0.199. The van der Waals surface area contributed by atoms with Gasteiger partial charge in [0.05, 0.1) is 11.2 Å². The van der Waals surface area contributed by atoms with Crippen LogP contribution in [0.1, 0.15) is 27.3 Å². The molecule has 0 radical (unpaired) electrons. The molecule has 1 aliphatic heterocycles. The summed E-state index contributed by atoms with van der Waals surface area (Å²) in [4.78, 5) is 48.6. The fraction of sp³-hybridized carbons (Fsp3) is 0.231. The van der Waals surface area contributed by atoms with Gasteiger partial charge in [0.1, 0.15) is 4.90 Å². The van der Waals surface area contributed by atoms with Gasteiger partial charge < -0.3 is 14.6 Å². The molecule has 2 amide bonds. The lowest BCUT2D eigenvalue weighted by Gasteiger charge is -2.24. The van der Waals surface area contributed by atoms with E-state index in [9.17, 15) is 36.0 Å². The zero-order valence-electron chi connectivity index (χ0n) is 22.0. The van der Waals surface area contributed by atoms with E-state index in [1.807, 2.05) is 0 Å². The van der Waals surface area contributed by atoms with Gasteiger partial charge >= 0.3 is 12.1 Å². The number of rotatable bonds is 6. The number of fused-ring (bicyclic) bond motifs is 1. The molecule has 0 atom stereocenters. The molecule has 0 N–H and O–H groups in total. The Morgan fingerprint density at radius 2 is 1.58 bits per heavy atom. The van der Waals surface area contributed by atoms with E-state index in [0.29, 0.717) is 24.9 Å². The topological polar surface area (TPSA) is 143 Å². The number of anilines is 1. The van der Waals surface area contributed by atoms with Crippen LogP contribution in [0.5, 0.6) is 0 Å². The molecule has 4 aromatic rings. The van der Waals surface area contributed by atoms with Crippen molar-refractivity contribution in [1.82, 2.24) is 24.4 Å². The van der Waals surface area contributed by atoms with Crippen molar-refractivity contribution in [3.8, 4) is 0 Å². The van der Waals surface area contributed by atoms with Crippen molar-refractivity contribution in [3.63, 3.8) is 0 Å². The van der Waals surface area contributed by atoms with Crippen LogP contribution in [-0.4, -0.2) is 82.9 Å². The van der Waals surface area contributed by atoms with Crippen molar-refractivity contribution in [2.75, 3.05) is 30.6 Å². The van der Waals surface area contributed by atoms with Gasteiger partial charge in [0.2, 0.25) is 0 Å². The van der Waals surface area contributed by atoms with Gasteiger partial charge in [-0.3, -0.25) is 14.6 Å². The standard InChI is InChI=1S/C26H21F3N6O6S2/c27-26(28,29)25(38)41-35(43(39,40)21-6-1-4-17-5-2-11-30-22(17)21)19-9-7-18(8-10-19)23(36)33-12-3-13-34(15-14-33)24(37)20-16-42-32-31-20/h1-2,4-11,16H,3,12-15H2. The first-order valence-corrected chi connectivity index (χ1v) is 14.9. The molecule has 2 aromatic heterocycles. The van der Waals surface area contributed by atoms with Gasteiger partial charge in [-0.1, -0.05) is 27.2 Å². The Morgan fingerprint density at radius 1 is 0.907 bits per heavy atom. The number of amides is 2. The maximum absolute atomic E-state index is 13.6. The summed E-state index contributed by atoms with van der Waals surface area (Å²) in [7, 11) is -4.94. The molecule has 5 rings (SSSR count). The van der Waals surface area contributed by atoms with Crippen LogP contribution in [0.2, 0.25) is 0 Å². The predicted molar refractivity (Wildman–Crippen MR) is 146 cm³/mol. The van der Waals surface area contributed by atoms with Crippen LogP contribution >= 0.6 is 11.5 Å². The van der Waals surface area contributed by atoms with Crippen molar-refractivity contribution in [2.45, 2.75) is 17.5 Å². The lowest BCUT2D eigenvalue weighted by atomic mass is 10.2. The molecule has 17 heteroatoms. The highest BCUT2D eigenvalue weighted by Crippen LogP contribution is 2.30. The Labute approximate surface area is 246 Å². The number of carbonyl (C=O) groups excluding carboxylic acids is 3. The summed E-state index contributed by atoms with van der Waals surface area (Å²) in [6, 6.07) is 11.7. The van der Waals surface area contributed by atoms with Crippen LogP contribution in [0.25, 0.3) is 10.9 Å². The Hall–Kier alpha value is -4.64. The number of halogens is 3. The molecule has 3 heterocycles. The summed E-state index contributed by atoms with van der Waals surface area (Å²) in [6.07, 6.45) is -3.72. The summed E-state index contributed by atoms with van der Waals surface area (Å²) in [6.45, 7) is 1.14. The zero-order valence-corrected chi connectivity index (χ0v) is 23.6. The van der Waals surface area contributed by atoms with E-state index < -0.39 is 38.7 Å². The zero-order chi connectivity index (χ0) is 30.8. The second kappa shape index (κ2) is 11.9. The van der Waals surface area contributed by atoms with Crippen molar-refractivity contribution >= 4 is 55.9 Å². The molecule has 224 valence electrons. The monoisotopic (exact) mass is 634 g/mol. The number of alkyl halides is 3. The maximum atomic E-state index is 13.6. The molecule has 0 bridgehead atoms. The Balaban J connectivity index is 1.40. The predicted octanol–water partition coefficient (Wildman–Crippen LogP) is 3.29. The third-order valence-electron chi connectivity index (χ3n) is 6.46. The fourth-order valence-corrected chi connectivity index (χ4v) is 6.23. The third kappa shape index (κ3) is 6.26. The summed E-state index contributed by atoms with van der Waals surface area (Å²) < 4.78 is 70.2. The van der Waals surface area contributed by atoms with Crippen LogP contribution < -0.4 is 4.47 Å². The Bertz CT molecular complexity index is 1760. The number of hydrogen-bond acceptors (Lipinski definition) is 10. The van der Waals surface area contributed by atoms with Crippen molar-refractivity contribution < 1.29 is 40.8 Å². The van der Waals surface area contributed by atoms with E-state index in [0.717, 1.165) is 29.7 Å². The van der Waals surface area contributed by atoms with Gasteiger partial charge in [0.15, 0.2) is 5.69 Å². The van der Waals surface area contributed by atoms with Gasteiger partial charge in [-0.25, -0.2) is 4.79 Å². The minimum absolute atomic E-state index is 0.0513. The third-order valence-corrected chi connectivity index (χ3v) is 8.58. The second-order valence-corrected chi connectivity index (χ2v) is 11.5. The highest BCUT2D eigenvalue weighted by Gasteiger charge is 2.45. The van der Waals surface area contributed by atoms with Crippen molar-refractivity contribution in [2.24, 2.45) is 0 Å². The molecule has 0 unspecified atom stereocenters. The van der Waals surface area contributed by atoms with E-state index in [1.54, 1.807) is 23.1 Å². The minimum Gasteiger partial charge on any atom is -0.337 e. The largest absolute Gasteiger partial charge is 0.493 e. The highest BCUT2D eigenvalue weighted by molar-refractivity contribution is 7.92. The van der Waals surface area contributed by atoms with E-state index in [2.05, 4.69) is 19.4 Å². The van der Waals surface area contributed by atoms with Crippen molar-refractivity contribution in [1.29, 1.82) is 0 Å². The molecule has 1 fully saturated rings. The lowest BCUT2D eigenvalue weighted by Crippen LogP contribution is -2.39. The van der Waals surface area contributed by atoms with Crippen LogP contribution in [0, 0.1) is 0 Å². The summed E-state index contributed by atoms with van der Waals surface area (Å²) in [5, 5.41) is 5.70.